The van der Waals surface area contributed by atoms with Crippen LogP contribution in [0.4, 0.5) is 0 Å². The maximum absolute atomic E-state index is 13.7. The first kappa shape index (κ1) is 23.5. The van der Waals surface area contributed by atoms with Crippen molar-refractivity contribution >= 4 is 32.3 Å². The molecule has 4 heterocycles. The molecule has 1 aromatic carbocycles. The van der Waals surface area contributed by atoms with Crippen LogP contribution in [0.5, 0.6) is 5.75 Å². The molecule has 0 N–H and O–H groups in total. The number of hydrogen-bond donors (Lipinski definition) is 0. The molecule has 2 atom stereocenters. The number of rotatable bonds is 6. The van der Waals surface area contributed by atoms with Gasteiger partial charge < -0.3 is 18.6 Å². The molecule has 0 saturated heterocycles. The number of ether oxygens (including phenoxy) is 2. The van der Waals surface area contributed by atoms with Crippen molar-refractivity contribution in [2.75, 3.05) is 0 Å². The third-order valence-corrected chi connectivity index (χ3v) is 7.25. The van der Waals surface area contributed by atoms with Crippen LogP contribution in [-0.4, -0.2) is 21.5 Å². The molecule has 5 rings (SSSR count). The number of benzene rings is 1. The van der Waals surface area contributed by atoms with Crippen LogP contribution in [0.2, 0.25) is 0 Å². The van der Waals surface area contributed by atoms with E-state index in [4.69, 9.17) is 19.0 Å². The Morgan fingerprint density at radius 3 is 2.69 bits per heavy atom. The van der Waals surface area contributed by atoms with Crippen LogP contribution >= 0.6 is 9.47 Å². The molecule has 1 unspecified atom stereocenters. The predicted molar refractivity (Wildman–Crippen MR) is 133 cm³/mol. The minimum atomic E-state index is -1.65. The molecule has 182 valence electrons. The average Bonchev–Trinajstić information content (AvgIpc) is 3.22. The summed E-state index contributed by atoms with van der Waals surface area (Å²) in [5.74, 6) is -0.436. The molecule has 2 aliphatic heterocycles. The highest BCUT2D eigenvalue weighted by molar-refractivity contribution is 7.10. The van der Waals surface area contributed by atoms with Gasteiger partial charge in [-0.2, -0.15) is 0 Å². The number of carbonyl (C=O) groups excluding carboxylic acids is 2. The van der Waals surface area contributed by atoms with E-state index in [1.54, 1.807) is 17.6 Å². The van der Waals surface area contributed by atoms with Gasteiger partial charge in [-0.1, -0.05) is 20.8 Å². The van der Waals surface area contributed by atoms with Crippen LogP contribution in [-0.2, 0) is 44.2 Å². The molecule has 0 amide bonds. The second kappa shape index (κ2) is 8.76. The summed E-state index contributed by atoms with van der Waals surface area (Å²) in [5.41, 5.74) is 3.02. The summed E-state index contributed by atoms with van der Waals surface area (Å²) in [6.07, 6.45) is 1.67. The van der Waals surface area contributed by atoms with Crippen molar-refractivity contribution in [3.05, 3.63) is 56.9 Å². The van der Waals surface area contributed by atoms with Crippen molar-refractivity contribution in [2.24, 2.45) is 0 Å². The van der Waals surface area contributed by atoms with Gasteiger partial charge in [0, 0.05) is 22.9 Å². The van der Waals surface area contributed by atoms with E-state index < -0.39 is 17.5 Å². The Hall–Kier alpha value is -3.25. The lowest BCUT2D eigenvalue weighted by Crippen LogP contribution is -2.47. The topological polar surface area (TPSA) is 96.7 Å². The smallest absolute Gasteiger partial charge is 0.355 e. The maximum atomic E-state index is 13.7. The van der Waals surface area contributed by atoms with E-state index >= 15 is 0 Å². The SMILES string of the molecule is CCCC(=O)O[C@]1(CC)C(=O)OCc2c1cc1n(c2=O)Cc2c-1nc1ccc(OP)cc1c2CC. The molecule has 9 heteroatoms. The molecule has 0 spiro atoms. The zero-order valence-corrected chi connectivity index (χ0v) is 21.1. The molecule has 2 aromatic heterocycles. The summed E-state index contributed by atoms with van der Waals surface area (Å²) in [6.45, 7) is 5.90. The highest BCUT2D eigenvalue weighted by Gasteiger charge is 2.50. The fourth-order valence-corrected chi connectivity index (χ4v) is 5.37. The van der Waals surface area contributed by atoms with E-state index in [0.29, 0.717) is 41.2 Å². The van der Waals surface area contributed by atoms with Gasteiger partial charge in [-0.15, -0.1) is 0 Å². The van der Waals surface area contributed by atoms with Gasteiger partial charge in [0.2, 0.25) is 5.60 Å². The average molecular weight is 494 g/mol. The minimum absolute atomic E-state index is 0.151. The number of hydrogen-bond acceptors (Lipinski definition) is 7. The first-order valence-electron chi connectivity index (χ1n) is 11.9. The summed E-state index contributed by atoms with van der Waals surface area (Å²) >= 11 is 0. The van der Waals surface area contributed by atoms with E-state index in [-0.39, 0.29) is 25.0 Å². The van der Waals surface area contributed by atoms with E-state index in [2.05, 4.69) is 16.4 Å². The molecule has 3 aromatic rings. The first-order chi connectivity index (χ1) is 16.9. The quantitative estimate of drug-likeness (QED) is 0.293. The van der Waals surface area contributed by atoms with Gasteiger partial charge in [-0.05, 0) is 49.1 Å². The number of aryl methyl sites for hydroxylation is 1. The van der Waals surface area contributed by atoms with Gasteiger partial charge in [0.15, 0.2) is 0 Å². The highest BCUT2D eigenvalue weighted by atomic mass is 31.0. The van der Waals surface area contributed by atoms with E-state index in [1.165, 1.54) is 0 Å². The van der Waals surface area contributed by atoms with Crippen molar-refractivity contribution in [2.45, 2.75) is 65.2 Å². The number of fused-ring (bicyclic) bond motifs is 5. The lowest BCUT2D eigenvalue weighted by Gasteiger charge is -2.35. The van der Waals surface area contributed by atoms with Gasteiger partial charge in [0.25, 0.3) is 5.56 Å². The third kappa shape index (κ3) is 3.46. The fourth-order valence-electron chi connectivity index (χ4n) is 5.22. The molecular weight excluding hydrogens is 467 g/mol. The molecule has 0 saturated carbocycles. The lowest BCUT2D eigenvalue weighted by atomic mass is 9.85. The maximum Gasteiger partial charge on any atom is 0.355 e. The van der Waals surface area contributed by atoms with Crippen molar-refractivity contribution in [1.82, 2.24) is 9.55 Å². The van der Waals surface area contributed by atoms with Crippen molar-refractivity contribution < 1.29 is 23.6 Å². The number of esters is 2. The number of carbonyl (C=O) groups is 2. The number of cyclic esters (lactones) is 1. The van der Waals surface area contributed by atoms with Crippen LogP contribution < -0.4 is 10.1 Å². The van der Waals surface area contributed by atoms with Gasteiger partial charge in [0.05, 0.1) is 38.5 Å². The van der Waals surface area contributed by atoms with Gasteiger partial charge in [-0.3, -0.25) is 9.59 Å². The molecule has 0 aliphatic carbocycles. The number of pyridine rings is 2. The predicted octanol–water partition coefficient (Wildman–Crippen LogP) is 4.16. The molecule has 8 nitrogen and oxygen atoms in total. The largest absolute Gasteiger partial charge is 0.480 e. The Bertz CT molecular complexity index is 1450. The van der Waals surface area contributed by atoms with Crippen LogP contribution in [0.15, 0.2) is 29.1 Å². The Morgan fingerprint density at radius 1 is 1.20 bits per heavy atom. The Morgan fingerprint density at radius 2 is 2.00 bits per heavy atom. The van der Waals surface area contributed by atoms with Crippen LogP contribution in [0.3, 0.4) is 0 Å². The van der Waals surface area contributed by atoms with Crippen LogP contribution in [0.1, 0.15) is 62.3 Å². The minimum Gasteiger partial charge on any atom is -0.480 e. The fraction of sp³-hybridized carbons (Fsp3) is 0.385. The first-order valence-corrected chi connectivity index (χ1v) is 12.3. The lowest BCUT2D eigenvalue weighted by molar-refractivity contribution is -0.189. The number of aromatic nitrogens is 2. The Balaban J connectivity index is 1.75. The van der Waals surface area contributed by atoms with Crippen molar-refractivity contribution in [1.29, 1.82) is 0 Å². The molecule has 0 bridgehead atoms. The molecule has 0 radical (unpaired) electrons. The zero-order valence-electron chi connectivity index (χ0n) is 20.0. The van der Waals surface area contributed by atoms with Crippen LogP contribution in [0.25, 0.3) is 22.3 Å². The molecule has 0 fully saturated rings. The standard InChI is InChI=1S/C26H27N2O6P/c1-4-7-22(29)33-26(6-3)19-11-21-23-17(12-28(21)24(30)18(19)13-32-25(26)31)15(5-2)16-10-14(34-35)8-9-20(16)27-23/h8-11H,4-7,12-13,35H2,1-3H3/t26-/m0/s1. The normalized spacial score (nSPS) is 18.0. The summed E-state index contributed by atoms with van der Waals surface area (Å²) in [5, 5.41) is 0.978. The van der Waals surface area contributed by atoms with Gasteiger partial charge in [-0.25, -0.2) is 9.78 Å². The highest BCUT2D eigenvalue weighted by Crippen LogP contribution is 2.42. The Kier molecular flexibility index (Phi) is 5.88. The summed E-state index contributed by atoms with van der Waals surface area (Å²) in [7, 11) is 2.25. The van der Waals surface area contributed by atoms with E-state index in [9.17, 15) is 14.4 Å². The monoisotopic (exact) mass is 494 g/mol. The summed E-state index contributed by atoms with van der Waals surface area (Å²) < 4.78 is 18.1. The molecule has 2 aliphatic rings. The second-order valence-electron chi connectivity index (χ2n) is 8.86. The van der Waals surface area contributed by atoms with Crippen molar-refractivity contribution in [3.63, 3.8) is 0 Å². The molecule has 35 heavy (non-hydrogen) atoms. The van der Waals surface area contributed by atoms with Gasteiger partial charge in [0.1, 0.15) is 12.4 Å². The number of nitrogens with zero attached hydrogens (tertiary/aromatic N) is 2. The van der Waals surface area contributed by atoms with E-state index in [0.717, 1.165) is 28.5 Å². The van der Waals surface area contributed by atoms with Gasteiger partial charge >= 0.3 is 11.9 Å². The van der Waals surface area contributed by atoms with Crippen LogP contribution in [0, 0.1) is 0 Å². The van der Waals surface area contributed by atoms with Crippen molar-refractivity contribution in [3.8, 4) is 17.1 Å². The second-order valence-corrected chi connectivity index (χ2v) is 9.10. The zero-order chi connectivity index (χ0) is 24.9. The third-order valence-electron chi connectivity index (χ3n) is 6.98. The summed E-state index contributed by atoms with van der Waals surface area (Å²) in [6, 6.07) is 7.49. The summed E-state index contributed by atoms with van der Waals surface area (Å²) in [4.78, 5) is 44.1. The Labute approximate surface area is 204 Å². The molecular formula is C26H27N2O6P. The van der Waals surface area contributed by atoms with E-state index in [1.807, 2.05) is 25.1 Å².